The number of carboxylic acid groups (broad SMARTS) is 1. The minimum atomic E-state index is -1.14. The number of carbonyl (C=O) groups excluding carboxylic acids is 1. The molecule has 118 valence electrons. The number of fused-ring (bicyclic) bond motifs is 2. The lowest BCUT2D eigenvalue weighted by atomic mass is 10.2. The van der Waals surface area contributed by atoms with Crippen molar-refractivity contribution in [2.75, 3.05) is 5.32 Å². The molecule has 2 heterocycles. The van der Waals surface area contributed by atoms with Crippen molar-refractivity contribution >= 4 is 39.6 Å². The van der Waals surface area contributed by atoms with Crippen molar-refractivity contribution in [3.05, 3.63) is 54.2 Å². The molecule has 8 heteroatoms. The number of hydrogen-bond acceptors (Lipinski definition) is 4. The van der Waals surface area contributed by atoms with E-state index in [1.807, 2.05) is 12.1 Å². The van der Waals surface area contributed by atoms with Gasteiger partial charge in [0.2, 0.25) is 0 Å². The predicted octanol–water partition coefficient (Wildman–Crippen LogP) is 2.69. The molecule has 0 saturated heterocycles. The molecule has 2 aromatic heterocycles. The Morgan fingerprint density at radius 2 is 1.96 bits per heavy atom. The minimum Gasteiger partial charge on any atom is -0.465 e. The Hall–Kier alpha value is -3.68. The van der Waals surface area contributed by atoms with E-state index in [4.69, 9.17) is 5.11 Å². The van der Waals surface area contributed by atoms with E-state index in [1.54, 1.807) is 36.4 Å². The highest BCUT2D eigenvalue weighted by Crippen LogP contribution is 2.21. The van der Waals surface area contributed by atoms with Gasteiger partial charge in [0, 0.05) is 16.6 Å². The Kier molecular flexibility index (Phi) is 3.02. The number of nitrogens with zero attached hydrogens (tertiary/aromatic N) is 3. The van der Waals surface area contributed by atoms with Crippen LogP contribution in [0, 0.1) is 0 Å². The normalized spacial score (nSPS) is 11.0. The number of aromatic nitrogens is 4. The van der Waals surface area contributed by atoms with Crippen molar-refractivity contribution in [1.29, 1.82) is 0 Å². The highest BCUT2D eigenvalue weighted by Gasteiger charge is 2.16. The number of rotatable bonds is 2. The third-order valence-corrected chi connectivity index (χ3v) is 3.65. The van der Waals surface area contributed by atoms with Crippen molar-refractivity contribution in [3.8, 4) is 0 Å². The highest BCUT2D eigenvalue weighted by atomic mass is 16.4. The first-order chi connectivity index (χ1) is 11.6. The van der Waals surface area contributed by atoms with Crippen LogP contribution in [-0.4, -0.2) is 37.1 Å². The van der Waals surface area contributed by atoms with Crippen molar-refractivity contribution in [1.82, 2.24) is 20.0 Å². The van der Waals surface area contributed by atoms with E-state index < -0.39 is 6.09 Å². The molecule has 0 aliphatic carbocycles. The Labute approximate surface area is 134 Å². The summed E-state index contributed by atoms with van der Waals surface area (Å²) in [5.74, 6) is -0.340. The van der Waals surface area contributed by atoms with Crippen LogP contribution in [0.3, 0.4) is 0 Å². The minimum absolute atomic E-state index is 0.340. The molecule has 4 rings (SSSR count). The molecular formula is C16H11N5O3. The predicted molar refractivity (Wildman–Crippen MR) is 87.2 cm³/mol. The molecule has 0 aliphatic heterocycles. The van der Waals surface area contributed by atoms with Gasteiger partial charge in [-0.3, -0.25) is 10.1 Å². The lowest BCUT2D eigenvalue weighted by molar-refractivity contribution is 0.0944. The summed E-state index contributed by atoms with van der Waals surface area (Å²) in [7, 11) is 0. The van der Waals surface area contributed by atoms with Gasteiger partial charge in [0.05, 0.1) is 5.52 Å². The Morgan fingerprint density at radius 1 is 1.12 bits per heavy atom. The summed E-state index contributed by atoms with van der Waals surface area (Å²) < 4.78 is 1.23. The van der Waals surface area contributed by atoms with E-state index >= 15 is 0 Å². The first-order valence-corrected chi connectivity index (χ1v) is 7.10. The van der Waals surface area contributed by atoms with Crippen LogP contribution in [0.25, 0.3) is 21.9 Å². The fraction of sp³-hybridized carbons (Fsp3) is 0. The molecule has 2 aromatic carbocycles. The third kappa shape index (κ3) is 2.26. The molecule has 0 spiro atoms. The van der Waals surface area contributed by atoms with Gasteiger partial charge in [-0.2, -0.15) is 4.68 Å². The summed E-state index contributed by atoms with van der Waals surface area (Å²) in [5, 5.41) is 19.6. The van der Waals surface area contributed by atoms with Gasteiger partial charge in [0.1, 0.15) is 11.2 Å². The van der Waals surface area contributed by atoms with Crippen molar-refractivity contribution in [2.24, 2.45) is 0 Å². The van der Waals surface area contributed by atoms with Crippen molar-refractivity contribution in [3.63, 3.8) is 0 Å². The standard InChI is InChI=1S/C16H11N5O3/c22-15(21-14-4-2-1-3-12(14)19-20-21)13-8-9-7-10(17-16(23)24)5-6-11(9)18-13/h1-8,17-18H,(H,23,24). The fourth-order valence-corrected chi connectivity index (χ4v) is 2.58. The summed E-state index contributed by atoms with van der Waals surface area (Å²) >= 11 is 0. The third-order valence-electron chi connectivity index (χ3n) is 3.65. The second-order valence-electron chi connectivity index (χ2n) is 5.21. The van der Waals surface area contributed by atoms with E-state index in [9.17, 15) is 9.59 Å². The topological polar surface area (TPSA) is 113 Å². The summed E-state index contributed by atoms with van der Waals surface area (Å²) in [6.07, 6.45) is -1.14. The van der Waals surface area contributed by atoms with Crippen LogP contribution in [0.4, 0.5) is 10.5 Å². The first kappa shape index (κ1) is 13.9. The van der Waals surface area contributed by atoms with E-state index in [1.165, 1.54) is 4.68 Å². The number of aromatic amines is 1. The molecule has 0 radical (unpaired) electrons. The van der Waals surface area contributed by atoms with Crippen LogP contribution in [0.2, 0.25) is 0 Å². The number of anilines is 1. The van der Waals surface area contributed by atoms with Gasteiger partial charge >= 0.3 is 6.09 Å². The maximum Gasteiger partial charge on any atom is 0.409 e. The average molecular weight is 321 g/mol. The zero-order chi connectivity index (χ0) is 16.7. The quantitative estimate of drug-likeness (QED) is 0.525. The Balaban J connectivity index is 1.75. The number of nitrogens with one attached hydrogen (secondary N) is 2. The SMILES string of the molecule is O=C(O)Nc1ccc2[nH]c(C(=O)n3nnc4ccccc43)cc2c1. The number of para-hydroxylation sites is 1. The molecule has 0 aliphatic rings. The molecule has 3 N–H and O–H groups in total. The Bertz CT molecular complexity index is 1100. The maximum absolute atomic E-state index is 12.7. The molecule has 4 aromatic rings. The summed E-state index contributed by atoms with van der Waals surface area (Å²) in [6, 6.07) is 13.8. The van der Waals surface area contributed by atoms with E-state index in [-0.39, 0.29) is 5.91 Å². The number of carbonyl (C=O) groups is 2. The van der Waals surface area contributed by atoms with Crippen LogP contribution >= 0.6 is 0 Å². The molecule has 0 atom stereocenters. The van der Waals surface area contributed by atoms with Gasteiger partial charge < -0.3 is 10.1 Å². The monoisotopic (exact) mass is 321 g/mol. The smallest absolute Gasteiger partial charge is 0.409 e. The van der Waals surface area contributed by atoms with Crippen LogP contribution < -0.4 is 5.32 Å². The van der Waals surface area contributed by atoms with Gasteiger partial charge in [-0.05, 0) is 36.4 Å². The molecular weight excluding hydrogens is 310 g/mol. The maximum atomic E-state index is 12.7. The zero-order valence-corrected chi connectivity index (χ0v) is 12.2. The molecule has 0 unspecified atom stereocenters. The second-order valence-corrected chi connectivity index (χ2v) is 5.21. The van der Waals surface area contributed by atoms with Gasteiger partial charge in [-0.25, -0.2) is 4.79 Å². The van der Waals surface area contributed by atoms with Gasteiger partial charge in [0.25, 0.3) is 5.91 Å². The van der Waals surface area contributed by atoms with E-state index in [0.717, 1.165) is 5.52 Å². The van der Waals surface area contributed by atoms with Crippen LogP contribution in [-0.2, 0) is 0 Å². The first-order valence-electron chi connectivity index (χ1n) is 7.10. The van der Waals surface area contributed by atoms with Gasteiger partial charge in [-0.15, -0.1) is 5.10 Å². The van der Waals surface area contributed by atoms with Crippen LogP contribution in [0.1, 0.15) is 10.5 Å². The molecule has 1 amide bonds. The fourth-order valence-electron chi connectivity index (χ4n) is 2.58. The summed E-state index contributed by atoms with van der Waals surface area (Å²) in [5.41, 5.74) is 2.75. The number of H-pyrrole nitrogens is 1. The van der Waals surface area contributed by atoms with Crippen LogP contribution in [0.15, 0.2) is 48.5 Å². The van der Waals surface area contributed by atoms with Crippen molar-refractivity contribution in [2.45, 2.75) is 0 Å². The molecule has 8 nitrogen and oxygen atoms in total. The van der Waals surface area contributed by atoms with E-state index in [0.29, 0.717) is 27.8 Å². The van der Waals surface area contributed by atoms with Gasteiger partial charge in [0.15, 0.2) is 0 Å². The molecule has 0 fully saturated rings. The summed E-state index contributed by atoms with van der Waals surface area (Å²) in [4.78, 5) is 26.4. The zero-order valence-electron chi connectivity index (χ0n) is 12.2. The number of amides is 1. The Morgan fingerprint density at radius 3 is 2.79 bits per heavy atom. The van der Waals surface area contributed by atoms with Crippen LogP contribution in [0.5, 0.6) is 0 Å². The molecule has 0 bridgehead atoms. The second kappa shape index (κ2) is 5.20. The largest absolute Gasteiger partial charge is 0.465 e. The summed E-state index contributed by atoms with van der Waals surface area (Å²) in [6.45, 7) is 0. The molecule has 24 heavy (non-hydrogen) atoms. The molecule has 0 saturated carbocycles. The number of hydrogen-bond donors (Lipinski definition) is 3. The van der Waals surface area contributed by atoms with Gasteiger partial charge in [-0.1, -0.05) is 17.3 Å². The lowest BCUT2D eigenvalue weighted by Crippen LogP contribution is -2.13. The average Bonchev–Trinajstić information content (AvgIpc) is 3.17. The van der Waals surface area contributed by atoms with E-state index in [2.05, 4.69) is 20.6 Å². The van der Waals surface area contributed by atoms with Crippen molar-refractivity contribution < 1.29 is 14.7 Å². The number of benzene rings is 2. The highest BCUT2D eigenvalue weighted by molar-refractivity contribution is 6.03. The lowest BCUT2D eigenvalue weighted by Gasteiger charge is -1.99.